The molecule has 4 rings (SSSR count). The zero-order valence-corrected chi connectivity index (χ0v) is 9.06. The van der Waals surface area contributed by atoms with Crippen molar-refractivity contribution in [3.63, 3.8) is 0 Å². The zero-order chi connectivity index (χ0) is 12.4. The van der Waals surface area contributed by atoms with Gasteiger partial charge < -0.3 is 26.0 Å². The maximum atomic E-state index is 9.92. The van der Waals surface area contributed by atoms with Crippen LogP contribution in [0.1, 0.15) is 6.23 Å². The Morgan fingerprint density at radius 1 is 1.33 bits per heavy atom. The van der Waals surface area contributed by atoms with Gasteiger partial charge in [-0.05, 0) is 0 Å². The molecule has 0 aliphatic carbocycles. The van der Waals surface area contributed by atoms with Crippen molar-refractivity contribution in [3.8, 4) is 0 Å². The van der Waals surface area contributed by atoms with E-state index in [4.69, 9.17) is 10.5 Å². The molecule has 0 spiro atoms. The molecule has 2 aromatic heterocycles. The standard InChI is InChI=1S/C9H10N6O3/c10-5-2-6(12-1-11-5)15-8-4(17)3(16)7(18-8)14-9(15)13-2/h1,3-4,7-8,16-17H,(H,13,14)(H2,10,11,12). The van der Waals surface area contributed by atoms with E-state index >= 15 is 0 Å². The second kappa shape index (κ2) is 3.07. The highest BCUT2D eigenvalue weighted by Crippen LogP contribution is 2.39. The summed E-state index contributed by atoms with van der Waals surface area (Å²) < 4.78 is 7.04. The number of aliphatic hydroxyl groups excluding tert-OH is 2. The van der Waals surface area contributed by atoms with Crippen LogP contribution in [0.5, 0.6) is 0 Å². The lowest BCUT2D eigenvalue weighted by molar-refractivity contribution is -0.0363. The van der Waals surface area contributed by atoms with Gasteiger partial charge in [-0.2, -0.15) is 0 Å². The molecule has 0 aromatic carbocycles. The van der Waals surface area contributed by atoms with Crippen molar-refractivity contribution >= 4 is 22.9 Å². The molecule has 4 heterocycles. The summed E-state index contributed by atoms with van der Waals surface area (Å²) in [6.07, 6.45) is -2.14. The van der Waals surface area contributed by atoms with E-state index in [2.05, 4.69) is 20.3 Å². The molecule has 2 aliphatic heterocycles. The number of aromatic nitrogens is 4. The number of nitrogen functional groups attached to an aromatic ring is 1. The van der Waals surface area contributed by atoms with Crippen LogP contribution in [0.4, 0.5) is 11.8 Å². The average molecular weight is 250 g/mol. The minimum Gasteiger partial charge on any atom is -0.386 e. The molecule has 2 aliphatic rings. The van der Waals surface area contributed by atoms with Crippen molar-refractivity contribution in [2.45, 2.75) is 24.7 Å². The third kappa shape index (κ3) is 1.03. The van der Waals surface area contributed by atoms with Gasteiger partial charge in [-0.25, -0.2) is 15.0 Å². The Hall–Kier alpha value is -1.97. The largest absolute Gasteiger partial charge is 0.386 e. The van der Waals surface area contributed by atoms with Gasteiger partial charge in [0.2, 0.25) is 5.95 Å². The minimum absolute atomic E-state index is 0.259. The van der Waals surface area contributed by atoms with E-state index in [0.717, 1.165) is 0 Å². The maximum absolute atomic E-state index is 9.92. The Balaban J connectivity index is 1.99. The molecular formula is C9H10N6O3. The monoisotopic (exact) mass is 250 g/mol. The van der Waals surface area contributed by atoms with Crippen LogP contribution in [0.3, 0.4) is 0 Å². The molecule has 4 unspecified atom stereocenters. The van der Waals surface area contributed by atoms with Crippen molar-refractivity contribution in [2.75, 3.05) is 11.1 Å². The summed E-state index contributed by atoms with van der Waals surface area (Å²) in [5.41, 5.74) is 6.62. The third-order valence-electron chi connectivity index (χ3n) is 3.27. The first kappa shape index (κ1) is 10.00. The fourth-order valence-electron chi connectivity index (χ4n) is 2.39. The fraction of sp³-hybridized carbons (Fsp3) is 0.444. The molecule has 2 aromatic rings. The highest BCUT2D eigenvalue weighted by molar-refractivity contribution is 5.84. The molecule has 2 bridgehead atoms. The Kier molecular flexibility index (Phi) is 1.71. The van der Waals surface area contributed by atoms with Gasteiger partial charge in [-0.3, -0.25) is 4.57 Å². The van der Waals surface area contributed by atoms with Crippen LogP contribution in [-0.2, 0) is 4.74 Å². The minimum atomic E-state index is -1.04. The number of nitrogens with zero attached hydrogens (tertiary/aromatic N) is 4. The molecule has 0 amide bonds. The number of fused-ring (bicyclic) bond motifs is 6. The van der Waals surface area contributed by atoms with Crippen LogP contribution in [0.25, 0.3) is 11.2 Å². The lowest BCUT2D eigenvalue weighted by Gasteiger charge is -2.24. The summed E-state index contributed by atoms with van der Waals surface area (Å²) in [5, 5.41) is 22.6. The van der Waals surface area contributed by atoms with Crippen LogP contribution in [0.2, 0.25) is 0 Å². The molecular weight excluding hydrogens is 240 g/mol. The molecule has 9 heteroatoms. The smallest absolute Gasteiger partial charge is 0.209 e. The summed E-state index contributed by atoms with van der Waals surface area (Å²) >= 11 is 0. The molecule has 5 N–H and O–H groups in total. The van der Waals surface area contributed by atoms with Gasteiger partial charge in [0.15, 0.2) is 29.4 Å². The molecule has 9 nitrogen and oxygen atoms in total. The normalized spacial score (nSPS) is 33.4. The van der Waals surface area contributed by atoms with Crippen LogP contribution in [0.15, 0.2) is 6.33 Å². The van der Waals surface area contributed by atoms with Gasteiger partial charge in [0.25, 0.3) is 0 Å². The van der Waals surface area contributed by atoms with E-state index in [0.29, 0.717) is 17.1 Å². The SMILES string of the molecule is Nc1ncnc2c1nc1n2C2OC(N1)C(O)C2O. The van der Waals surface area contributed by atoms with Crippen LogP contribution < -0.4 is 11.1 Å². The number of ether oxygens (including phenoxy) is 1. The van der Waals surface area contributed by atoms with E-state index in [-0.39, 0.29) is 5.82 Å². The number of hydrogen-bond acceptors (Lipinski definition) is 8. The quantitative estimate of drug-likeness (QED) is 0.440. The van der Waals surface area contributed by atoms with E-state index in [9.17, 15) is 10.2 Å². The second-order valence-electron chi connectivity index (χ2n) is 4.31. The average Bonchev–Trinajstić information content (AvgIpc) is 2.84. The summed E-state index contributed by atoms with van der Waals surface area (Å²) in [7, 11) is 0. The van der Waals surface area contributed by atoms with Gasteiger partial charge in [0, 0.05) is 0 Å². The summed E-state index contributed by atoms with van der Waals surface area (Å²) in [6, 6.07) is 0. The summed E-state index contributed by atoms with van der Waals surface area (Å²) in [6.45, 7) is 0. The molecule has 1 saturated heterocycles. The van der Waals surface area contributed by atoms with Crippen LogP contribution in [0, 0.1) is 0 Å². The number of nitrogens with two attached hydrogens (primary N) is 1. The number of nitrogens with one attached hydrogen (secondary N) is 1. The highest BCUT2D eigenvalue weighted by atomic mass is 16.6. The van der Waals surface area contributed by atoms with Gasteiger partial charge >= 0.3 is 0 Å². The lowest BCUT2D eigenvalue weighted by atomic mass is 10.2. The Labute approximate surface area is 100 Å². The molecule has 18 heavy (non-hydrogen) atoms. The zero-order valence-electron chi connectivity index (χ0n) is 9.06. The second-order valence-corrected chi connectivity index (χ2v) is 4.31. The van der Waals surface area contributed by atoms with Gasteiger partial charge in [0.05, 0.1) is 0 Å². The predicted octanol–water partition coefficient (Wildman–Crippen LogP) is -1.59. The highest BCUT2D eigenvalue weighted by Gasteiger charge is 2.49. The lowest BCUT2D eigenvalue weighted by Crippen LogP contribution is -2.34. The van der Waals surface area contributed by atoms with Crippen molar-refractivity contribution < 1.29 is 14.9 Å². The summed E-state index contributed by atoms with van der Waals surface area (Å²) in [4.78, 5) is 12.2. The number of anilines is 2. The van der Waals surface area contributed by atoms with Gasteiger partial charge in [-0.1, -0.05) is 0 Å². The first-order valence-electron chi connectivity index (χ1n) is 5.43. The molecule has 0 saturated carbocycles. The maximum Gasteiger partial charge on any atom is 0.209 e. The van der Waals surface area contributed by atoms with Crippen LogP contribution in [-0.4, -0.2) is 48.2 Å². The van der Waals surface area contributed by atoms with Crippen molar-refractivity contribution in [2.24, 2.45) is 0 Å². The molecule has 4 atom stereocenters. The Bertz CT molecular complexity index is 643. The first-order chi connectivity index (χ1) is 8.66. The van der Waals surface area contributed by atoms with E-state index < -0.39 is 24.7 Å². The van der Waals surface area contributed by atoms with E-state index in [1.165, 1.54) is 6.33 Å². The van der Waals surface area contributed by atoms with E-state index in [1.807, 2.05) is 0 Å². The number of rotatable bonds is 0. The Morgan fingerprint density at radius 2 is 2.17 bits per heavy atom. The van der Waals surface area contributed by atoms with Crippen LogP contribution >= 0.6 is 0 Å². The number of aliphatic hydroxyl groups is 2. The van der Waals surface area contributed by atoms with E-state index in [1.54, 1.807) is 4.57 Å². The fourth-order valence-corrected chi connectivity index (χ4v) is 2.39. The van der Waals surface area contributed by atoms with Crippen molar-refractivity contribution in [1.29, 1.82) is 0 Å². The topological polar surface area (TPSA) is 131 Å². The first-order valence-corrected chi connectivity index (χ1v) is 5.43. The Morgan fingerprint density at radius 3 is 3.00 bits per heavy atom. The van der Waals surface area contributed by atoms with Crippen molar-refractivity contribution in [3.05, 3.63) is 6.33 Å². The molecule has 94 valence electrons. The van der Waals surface area contributed by atoms with Gasteiger partial charge in [-0.15, -0.1) is 0 Å². The molecule has 0 radical (unpaired) electrons. The van der Waals surface area contributed by atoms with Gasteiger partial charge in [0.1, 0.15) is 18.5 Å². The number of imidazole rings is 1. The predicted molar refractivity (Wildman–Crippen MR) is 59.3 cm³/mol. The third-order valence-corrected chi connectivity index (χ3v) is 3.27. The number of hydrogen-bond donors (Lipinski definition) is 4. The molecule has 1 fully saturated rings. The summed E-state index contributed by atoms with van der Waals surface area (Å²) in [5.74, 6) is 0.712. The van der Waals surface area contributed by atoms with Crippen molar-refractivity contribution in [1.82, 2.24) is 19.5 Å².